The van der Waals surface area contributed by atoms with Gasteiger partial charge in [0, 0.05) is 17.1 Å². The van der Waals surface area contributed by atoms with Crippen LogP contribution in [-0.2, 0) is 6.42 Å². The molecule has 0 atom stereocenters. The number of unbranched alkanes of at least 4 members (excludes halogenated alkanes) is 1. The molecule has 0 unspecified atom stereocenters. The maximum atomic E-state index is 11.5. The fraction of sp³-hybridized carbons (Fsp3) is 0.154. The van der Waals surface area contributed by atoms with Crippen LogP contribution in [0, 0.1) is 20.2 Å². The van der Waals surface area contributed by atoms with Gasteiger partial charge in [-0.25, -0.2) is 0 Å². The Morgan fingerprint density at radius 1 is 0.794 bits per heavy atom. The summed E-state index contributed by atoms with van der Waals surface area (Å²) in [6, 6.07) is 25.7. The number of rotatable bonds is 9. The van der Waals surface area contributed by atoms with Crippen molar-refractivity contribution in [1.82, 2.24) is 0 Å². The number of anilines is 3. The molecular weight excluding hydrogens is 450 g/mol. The minimum Gasteiger partial charge on any atom is -0.311 e. The molecule has 0 amide bonds. The van der Waals surface area contributed by atoms with Gasteiger partial charge in [0.05, 0.1) is 15.2 Å². The van der Waals surface area contributed by atoms with E-state index >= 15 is 0 Å². The summed E-state index contributed by atoms with van der Waals surface area (Å²) in [5.74, 6) is 0. The van der Waals surface area contributed by atoms with Crippen LogP contribution < -0.4 is 4.90 Å². The van der Waals surface area contributed by atoms with Gasteiger partial charge in [0.25, 0.3) is 0 Å². The number of para-hydroxylation sites is 1. The fourth-order valence-electron chi connectivity index (χ4n) is 3.83. The van der Waals surface area contributed by atoms with Crippen molar-refractivity contribution >= 4 is 39.8 Å². The van der Waals surface area contributed by atoms with Gasteiger partial charge in [0.2, 0.25) is 0 Å². The molecule has 1 aromatic heterocycles. The average Bonchev–Trinajstić information content (AvgIpc) is 3.31. The Kier molecular flexibility index (Phi) is 6.98. The van der Waals surface area contributed by atoms with Crippen molar-refractivity contribution in [3.05, 3.63) is 110 Å². The van der Waals surface area contributed by atoms with Crippen molar-refractivity contribution in [3.8, 4) is 10.4 Å². The quantitative estimate of drug-likeness (QED) is 0.181. The van der Waals surface area contributed by atoms with Crippen LogP contribution >= 0.6 is 11.3 Å². The SMILES string of the molecule is CCCCc1ccc(N(c2ccccc2)c2ccc(-c3scc([N+](=O)[O-])c3[N+](=O)[O-])cc2)cc1. The molecule has 0 saturated heterocycles. The second-order valence-electron chi connectivity index (χ2n) is 7.80. The Bertz CT molecular complexity index is 1290. The number of hydrogen-bond acceptors (Lipinski definition) is 6. The van der Waals surface area contributed by atoms with Crippen LogP contribution in [0.4, 0.5) is 28.4 Å². The highest BCUT2D eigenvalue weighted by Gasteiger charge is 2.32. The first kappa shape index (κ1) is 23.1. The summed E-state index contributed by atoms with van der Waals surface area (Å²) in [5, 5.41) is 24.0. The van der Waals surface area contributed by atoms with Gasteiger partial charge in [-0.05, 0) is 60.4 Å². The monoisotopic (exact) mass is 473 g/mol. The molecule has 0 aliphatic rings. The maximum absolute atomic E-state index is 11.5. The summed E-state index contributed by atoms with van der Waals surface area (Å²) in [6.45, 7) is 2.18. The predicted molar refractivity (Wildman–Crippen MR) is 136 cm³/mol. The largest absolute Gasteiger partial charge is 0.364 e. The molecule has 172 valence electrons. The van der Waals surface area contributed by atoms with E-state index in [1.165, 1.54) is 10.9 Å². The highest BCUT2D eigenvalue weighted by atomic mass is 32.1. The van der Waals surface area contributed by atoms with Crippen molar-refractivity contribution < 1.29 is 9.85 Å². The number of hydrogen-bond donors (Lipinski definition) is 0. The molecule has 0 bridgehead atoms. The molecule has 0 aliphatic heterocycles. The molecule has 4 aromatic rings. The molecular formula is C26H23N3O4S. The van der Waals surface area contributed by atoms with E-state index in [2.05, 4.69) is 36.1 Å². The second-order valence-corrected chi connectivity index (χ2v) is 8.68. The van der Waals surface area contributed by atoms with E-state index in [1.54, 1.807) is 12.1 Å². The van der Waals surface area contributed by atoms with Crippen LogP contribution in [0.25, 0.3) is 10.4 Å². The molecule has 0 spiro atoms. The lowest BCUT2D eigenvalue weighted by Crippen LogP contribution is -2.09. The van der Waals surface area contributed by atoms with Crippen molar-refractivity contribution in [2.24, 2.45) is 0 Å². The third-order valence-electron chi connectivity index (χ3n) is 5.54. The number of benzene rings is 3. The van der Waals surface area contributed by atoms with E-state index in [0.29, 0.717) is 5.56 Å². The molecule has 0 radical (unpaired) electrons. The lowest BCUT2D eigenvalue weighted by Gasteiger charge is -2.25. The summed E-state index contributed by atoms with van der Waals surface area (Å²) < 4.78 is 0. The van der Waals surface area contributed by atoms with Crippen LogP contribution in [0.5, 0.6) is 0 Å². The summed E-state index contributed by atoms with van der Waals surface area (Å²) in [7, 11) is 0. The van der Waals surface area contributed by atoms with Crippen molar-refractivity contribution in [3.63, 3.8) is 0 Å². The fourth-order valence-corrected chi connectivity index (χ4v) is 4.82. The summed E-state index contributed by atoms with van der Waals surface area (Å²) >= 11 is 1.00. The van der Waals surface area contributed by atoms with Crippen molar-refractivity contribution in [2.75, 3.05) is 4.90 Å². The average molecular weight is 474 g/mol. The standard InChI is InChI=1S/C26H23N3O4S/c1-2-3-7-19-10-14-22(15-11-19)27(21-8-5-4-6-9-21)23-16-12-20(13-17-23)26-25(29(32)33)24(18-34-26)28(30)31/h4-6,8-18H,2-3,7H2,1H3. The zero-order valence-electron chi connectivity index (χ0n) is 18.6. The Morgan fingerprint density at radius 2 is 1.38 bits per heavy atom. The molecule has 4 rings (SSSR count). The number of aryl methyl sites for hydroxylation is 1. The molecule has 7 nitrogen and oxygen atoms in total. The van der Waals surface area contributed by atoms with Crippen molar-refractivity contribution in [1.29, 1.82) is 0 Å². The molecule has 0 fully saturated rings. The highest BCUT2D eigenvalue weighted by molar-refractivity contribution is 7.14. The highest BCUT2D eigenvalue weighted by Crippen LogP contribution is 2.44. The Labute approximate surface area is 201 Å². The number of nitrogens with zero attached hydrogens (tertiary/aromatic N) is 3. The van der Waals surface area contributed by atoms with Crippen LogP contribution in [0.15, 0.2) is 84.2 Å². The van der Waals surface area contributed by atoms with E-state index in [0.717, 1.165) is 47.7 Å². The minimum absolute atomic E-state index is 0.273. The molecule has 0 saturated carbocycles. The predicted octanol–water partition coefficient (Wildman–Crippen LogP) is 8.04. The molecule has 8 heteroatoms. The van der Waals surface area contributed by atoms with Crippen molar-refractivity contribution in [2.45, 2.75) is 26.2 Å². The first-order valence-electron chi connectivity index (χ1n) is 10.9. The Balaban J connectivity index is 1.72. The normalized spacial score (nSPS) is 10.7. The molecule has 3 aromatic carbocycles. The minimum atomic E-state index is -0.714. The lowest BCUT2D eigenvalue weighted by molar-refractivity contribution is -0.421. The zero-order chi connectivity index (χ0) is 24.1. The summed E-state index contributed by atoms with van der Waals surface area (Å²) in [6.07, 6.45) is 3.34. The molecule has 0 aliphatic carbocycles. The Morgan fingerprint density at radius 3 is 1.94 bits per heavy atom. The topological polar surface area (TPSA) is 89.5 Å². The van der Waals surface area contributed by atoms with Gasteiger partial charge in [0.15, 0.2) is 0 Å². The smallest absolute Gasteiger partial charge is 0.311 e. The number of nitro groups is 2. The van der Waals surface area contributed by atoms with Gasteiger partial charge < -0.3 is 4.90 Å². The van der Waals surface area contributed by atoms with E-state index in [1.807, 2.05) is 42.5 Å². The molecule has 1 heterocycles. The van der Waals surface area contributed by atoms with Crippen LogP contribution in [0.3, 0.4) is 0 Å². The van der Waals surface area contributed by atoms with Crippen LogP contribution in [-0.4, -0.2) is 9.85 Å². The Hall–Kier alpha value is -4.04. The van der Waals surface area contributed by atoms with Crippen LogP contribution in [0.2, 0.25) is 0 Å². The zero-order valence-corrected chi connectivity index (χ0v) is 19.4. The van der Waals surface area contributed by atoms with Gasteiger partial charge in [-0.15, -0.1) is 11.3 Å². The molecule has 0 N–H and O–H groups in total. The first-order chi connectivity index (χ1) is 16.5. The van der Waals surface area contributed by atoms with Gasteiger partial charge in [0.1, 0.15) is 4.88 Å². The lowest BCUT2D eigenvalue weighted by atomic mass is 10.1. The summed E-state index contributed by atoms with van der Waals surface area (Å²) in [4.78, 5) is 23.7. The third-order valence-corrected chi connectivity index (χ3v) is 6.55. The van der Waals surface area contributed by atoms with E-state index in [-0.39, 0.29) is 4.88 Å². The van der Waals surface area contributed by atoms with E-state index in [4.69, 9.17) is 0 Å². The van der Waals surface area contributed by atoms with Gasteiger partial charge in [-0.1, -0.05) is 55.8 Å². The number of thiophene rings is 1. The van der Waals surface area contributed by atoms with Gasteiger partial charge in [-0.3, -0.25) is 20.2 Å². The van der Waals surface area contributed by atoms with Crippen LogP contribution in [0.1, 0.15) is 25.3 Å². The maximum Gasteiger partial charge on any atom is 0.364 e. The second kappa shape index (κ2) is 10.3. The third kappa shape index (κ3) is 4.82. The molecule has 34 heavy (non-hydrogen) atoms. The van der Waals surface area contributed by atoms with Gasteiger partial charge in [-0.2, -0.15) is 0 Å². The van der Waals surface area contributed by atoms with E-state index < -0.39 is 21.2 Å². The summed E-state index contributed by atoms with van der Waals surface area (Å²) in [5.41, 5.74) is 3.77. The van der Waals surface area contributed by atoms with E-state index in [9.17, 15) is 20.2 Å². The van der Waals surface area contributed by atoms with Gasteiger partial charge >= 0.3 is 11.4 Å². The first-order valence-corrected chi connectivity index (χ1v) is 11.8.